The highest BCUT2D eigenvalue weighted by molar-refractivity contribution is 5.66. The Morgan fingerprint density at radius 2 is 1.72 bits per heavy atom. The standard InChI is InChI=1S/C35H56O12/c1-16-6-9-35(43-15-16)17(2)27-23(47-35)11-21-19-10-26(39)34(42)12-22(38)24(13-33(34,5)20(19)7-8-32(21,27)4)45-31-29(41)28(40)30(44-18(3)37)25(14-36)46-31/h16-17,19-31,36,38-42H,6-15H2,1-5H3. The maximum atomic E-state index is 12.2. The summed E-state index contributed by atoms with van der Waals surface area (Å²) >= 11 is 0. The number of carbonyl (C=O) groups excluding carboxylic acids is 1. The van der Waals surface area contributed by atoms with E-state index in [2.05, 4.69) is 20.8 Å². The van der Waals surface area contributed by atoms with Crippen molar-refractivity contribution in [3.63, 3.8) is 0 Å². The first-order valence-corrected chi connectivity index (χ1v) is 17.9. The molecule has 4 aliphatic carbocycles. The molecule has 3 heterocycles. The van der Waals surface area contributed by atoms with E-state index in [1.54, 1.807) is 0 Å². The minimum Gasteiger partial charge on any atom is -0.457 e. The van der Waals surface area contributed by atoms with Crippen molar-refractivity contribution in [1.29, 1.82) is 0 Å². The van der Waals surface area contributed by atoms with Gasteiger partial charge < -0.3 is 54.3 Å². The van der Waals surface area contributed by atoms with Crippen LogP contribution >= 0.6 is 0 Å². The van der Waals surface area contributed by atoms with Crippen LogP contribution in [0.2, 0.25) is 0 Å². The highest BCUT2D eigenvalue weighted by atomic mass is 16.7. The quantitative estimate of drug-likeness (QED) is 0.186. The third-order valence-electron chi connectivity index (χ3n) is 14.6. The summed E-state index contributed by atoms with van der Waals surface area (Å²) in [5, 5.41) is 66.8. The van der Waals surface area contributed by atoms with E-state index in [0.717, 1.165) is 45.6 Å². The lowest BCUT2D eigenvalue weighted by Crippen LogP contribution is -2.71. The third-order valence-corrected chi connectivity index (χ3v) is 14.6. The van der Waals surface area contributed by atoms with E-state index in [9.17, 15) is 35.4 Å². The Morgan fingerprint density at radius 3 is 2.38 bits per heavy atom. The Balaban J connectivity index is 1.11. The van der Waals surface area contributed by atoms with Crippen molar-refractivity contribution < 1.29 is 59.1 Å². The Bertz CT molecular complexity index is 1190. The van der Waals surface area contributed by atoms with Gasteiger partial charge in [0.1, 0.15) is 18.3 Å². The number of aliphatic hydroxyl groups excluding tert-OH is 5. The molecule has 0 aromatic carbocycles. The van der Waals surface area contributed by atoms with E-state index < -0.39 is 78.4 Å². The summed E-state index contributed by atoms with van der Waals surface area (Å²) in [6.07, 6.45) is -4.86. The molecule has 268 valence electrons. The molecular weight excluding hydrogens is 612 g/mol. The van der Waals surface area contributed by atoms with Crippen LogP contribution in [0.5, 0.6) is 0 Å². The number of fused-ring (bicyclic) bond motifs is 7. The Hall–Kier alpha value is -0.930. The van der Waals surface area contributed by atoms with Crippen LogP contribution in [0, 0.1) is 46.3 Å². The first-order valence-electron chi connectivity index (χ1n) is 17.9. The van der Waals surface area contributed by atoms with Crippen molar-refractivity contribution in [2.75, 3.05) is 13.2 Å². The summed E-state index contributed by atoms with van der Waals surface area (Å²) in [4.78, 5) is 11.6. The van der Waals surface area contributed by atoms with Crippen LogP contribution in [0.25, 0.3) is 0 Å². The fourth-order valence-corrected chi connectivity index (χ4v) is 12.1. The molecule has 3 aliphatic heterocycles. The summed E-state index contributed by atoms with van der Waals surface area (Å²) in [7, 11) is 0. The number of ether oxygens (including phenoxy) is 5. The molecule has 1 spiro atoms. The van der Waals surface area contributed by atoms with Crippen molar-refractivity contribution >= 4 is 5.97 Å². The zero-order chi connectivity index (χ0) is 33.8. The van der Waals surface area contributed by atoms with E-state index >= 15 is 0 Å². The molecule has 0 amide bonds. The van der Waals surface area contributed by atoms with E-state index in [0.29, 0.717) is 24.2 Å². The zero-order valence-corrected chi connectivity index (χ0v) is 28.4. The van der Waals surface area contributed by atoms with Crippen LogP contribution in [-0.2, 0) is 28.5 Å². The molecule has 6 N–H and O–H groups in total. The number of rotatable bonds is 4. The Labute approximate surface area is 277 Å². The van der Waals surface area contributed by atoms with Gasteiger partial charge in [-0.3, -0.25) is 4.79 Å². The molecule has 47 heavy (non-hydrogen) atoms. The molecular formula is C35H56O12. The average Bonchev–Trinajstić information content (AvgIpc) is 3.46. The molecule has 4 saturated carbocycles. The lowest BCUT2D eigenvalue weighted by atomic mass is 9.42. The molecule has 0 aromatic rings. The van der Waals surface area contributed by atoms with Gasteiger partial charge in [-0.1, -0.05) is 27.7 Å². The van der Waals surface area contributed by atoms with Gasteiger partial charge in [-0.2, -0.15) is 0 Å². The van der Waals surface area contributed by atoms with Crippen molar-refractivity contribution in [2.45, 2.75) is 152 Å². The smallest absolute Gasteiger partial charge is 0.303 e. The van der Waals surface area contributed by atoms with Crippen molar-refractivity contribution in [3.05, 3.63) is 0 Å². The van der Waals surface area contributed by atoms with Crippen LogP contribution in [0.1, 0.15) is 86.0 Å². The summed E-state index contributed by atoms with van der Waals surface area (Å²) in [6, 6.07) is 0. The second-order valence-corrected chi connectivity index (χ2v) is 16.9. The predicted octanol–water partition coefficient (Wildman–Crippen LogP) is 1.25. The molecule has 3 saturated heterocycles. The molecule has 12 heteroatoms. The molecule has 19 atom stereocenters. The topological polar surface area (TPSA) is 185 Å². The third kappa shape index (κ3) is 5.02. The van der Waals surface area contributed by atoms with Crippen LogP contribution in [0.4, 0.5) is 0 Å². The number of hydrogen-bond donors (Lipinski definition) is 6. The second kappa shape index (κ2) is 11.8. The Kier molecular flexibility index (Phi) is 8.68. The molecule has 19 unspecified atom stereocenters. The molecule has 0 aromatic heterocycles. The second-order valence-electron chi connectivity index (χ2n) is 16.9. The van der Waals surface area contributed by atoms with Gasteiger partial charge in [-0.15, -0.1) is 0 Å². The van der Waals surface area contributed by atoms with Crippen LogP contribution in [0.15, 0.2) is 0 Å². The van der Waals surface area contributed by atoms with Gasteiger partial charge in [0, 0.05) is 31.1 Å². The normalized spacial score (nSPS) is 58.7. The maximum absolute atomic E-state index is 12.2. The summed E-state index contributed by atoms with van der Waals surface area (Å²) < 4.78 is 30.4. The van der Waals surface area contributed by atoms with Gasteiger partial charge >= 0.3 is 5.97 Å². The van der Waals surface area contributed by atoms with Crippen LogP contribution < -0.4 is 0 Å². The van der Waals surface area contributed by atoms with E-state index in [4.69, 9.17) is 23.7 Å². The van der Waals surface area contributed by atoms with E-state index in [1.807, 2.05) is 6.92 Å². The summed E-state index contributed by atoms with van der Waals surface area (Å²) in [6.45, 7) is 10.2. The van der Waals surface area contributed by atoms with Crippen LogP contribution in [0.3, 0.4) is 0 Å². The molecule has 7 rings (SSSR count). The molecule has 12 nitrogen and oxygen atoms in total. The minimum absolute atomic E-state index is 0.00473. The highest BCUT2D eigenvalue weighted by Gasteiger charge is 2.72. The first-order chi connectivity index (χ1) is 22.1. The number of carbonyl (C=O) groups is 1. The van der Waals surface area contributed by atoms with E-state index in [1.165, 1.54) is 0 Å². The summed E-state index contributed by atoms with van der Waals surface area (Å²) in [5.74, 6) is 0.409. The summed E-state index contributed by atoms with van der Waals surface area (Å²) in [5.41, 5.74) is -2.37. The Morgan fingerprint density at radius 1 is 0.979 bits per heavy atom. The number of esters is 1. The zero-order valence-electron chi connectivity index (χ0n) is 28.4. The molecule has 7 fully saturated rings. The lowest BCUT2D eigenvalue weighted by Gasteiger charge is -2.66. The fourth-order valence-electron chi connectivity index (χ4n) is 12.1. The highest BCUT2D eigenvalue weighted by Crippen LogP contribution is 2.72. The van der Waals surface area contributed by atoms with Gasteiger partial charge in [0.05, 0.1) is 43.2 Å². The largest absolute Gasteiger partial charge is 0.457 e. The van der Waals surface area contributed by atoms with Crippen molar-refractivity contribution in [2.24, 2.45) is 46.3 Å². The van der Waals surface area contributed by atoms with Gasteiger partial charge in [-0.05, 0) is 73.5 Å². The molecule has 7 aliphatic rings. The number of aliphatic hydroxyl groups is 6. The molecule has 0 bridgehead atoms. The fraction of sp³-hybridized carbons (Fsp3) is 0.971. The van der Waals surface area contributed by atoms with Gasteiger partial charge in [-0.25, -0.2) is 0 Å². The molecule has 0 radical (unpaired) electrons. The van der Waals surface area contributed by atoms with Gasteiger partial charge in [0.2, 0.25) is 0 Å². The minimum atomic E-state index is -1.62. The first kappa shape index (κ1) is 34.5. The SMILES string of the molecule is CC(=O)OC1C(CO)OC(OC2CC3(C)C4CCC5(C)C(CC6OC7(CCC(C)CO7)C(C)C65)C4CC(O)C3(O)CC2O)C(O)C1O. The van der Waals surface area contributed by atoms with Crippen LogP contribution in [-0.4, -0.2) is 116 Å². The average molecular weight is 669 g/mol. The number of hydrogen-bond acceptors (Lipinski definition) is 12. The van der Waals surface area contributed by atoms with Crippen molar-refractivity contribution in [3.8, 4) is 0 Å². The maximum Gasteiger partial charge on any atom is 0.303 e. The van der Waals surface area contributed by atoms with E-state index in [-0.39, 0.29) is 42.1 Å². The van der Waals surface area contributed by atoms with Gasteiger partial charge in [0.15, 0.2) is 18.2 Å². The van der Waals surface area contributed by atoms with Gasteiger partial charge in [0.25, 0.3) is 0 Å². The lowest BCUT2D eigenvalue weighted by molar-refractivity contribution is -0.340. The monoisotopic (exact) mass is 668 g/mol. The predicted molar refractivity (Wildman–Crippen MR) is 164 cm³/mol. The van der Waals surface area contributed by atoms with Crippen molar-refractivity contribution in [1.82, 2.24) is 0 Å².